The number of alkyl halides is 3. The lowest BCUT2D eigenvalue weighted by molar-refractivity contribution is -0.384. The summed E-state index contributed by atoms with van der Waals surface area (Å²) in [6, 6.07) is 7.05. The molecule has 1 heterocycles. The highest BCUT2D eigenvalue weighted by atomic mass is 19.4. The summed E-state index contributed by atoms with van der Waals surface area (Å²) in [5.74, 6) is -1.33. The minimum atomic E-state index is -4.49. The van der Waals surface area contributed by atoms with Gasteiger partial charge in [0.05, 0.1) is 16.2 Å². The molecule has 0 unspecified atom stereocenters. The third-order valence-corrected chi connectivity index (χ3v) is 3.64. The van der Waals surface area contributed by atoms with E-state index in [2.05, 4.69) is 10.3 Å². The molecule has 11 heteroatoms. The van der Waals surface area contributed by atoms with E-state index in [0.717, 1.165) is 48.7 Å². The molecule has 2 N–H and O–H groups in total. The van der Waals surface area contributed by atoms with Crippen LogP contribution in [0.25, 0.3) is 11.5 Å². The van der Waals surface area contributed by atoms with Gasteiger partial charge in [-0.15, -0.1) is 0 Å². The molecule has 0 aliphatic rings. The van der Waals surface area contributed by atoms with Gasteiger partial charge >= 0.3 is 6.18 Å². The summed E-state index contributed by atoms with van der Waals surface area (Å²) in [6.45, 7) is 0. The lowest BCUT2D eigenvalue weighted by Gasteiger charge is -2.06. The number of phenolic OH excluding ortho intramolecular Hbond substituents is 1. The number of nitrogens with zero attached hydrogens (tertiary/aromatic N) is 2. The Hall–Kier alpha value is -3.89. The Morgan fingerprint density at radius 1 is 1.18 bits per heavy atom. The van der Waals surface area contributed by atoms with Crippen LogP contribution in [0.3, 0.4) is 0 Å². The largest absolute Gasteiger partial charge is 0.506 e. The van der Waals surface area contributed by atoms with Crippen LogP contribution in [0, 0.1) is 10.1 Å². The summed E-state index contributed by atoms with van der Waals surface area (Å²) < 4.78 is 42.9. The summed E-state index contributed by atoms with van der Waals surface area (Å²) in [4.78, 5) is 26.2. The standard InChI is InChI=1S/C17H10F3N3O5/c18-17(19,20)10-3-1-9(2-4-10)16-22-13(8-28-16)15(25)21-12-7-11(23(26)27)5-6-14(12)24/h1-8,24H,(H,21,25). The fourth-order valence-electron chi connectivity index (χ4n) is 2.24. The monoisotopic (exact) mass is 393 g/mol. The topological polar surface area (TPSA) is 118 Å². The first kappa shape index (κ1) is 18.9. The second-order valence-electron chi connectivity index (χ2n) is 5.53. The van der Waals surface area contributed by atoms with Gasteiger partial charge in [0.15, 0.2) is 5.69 Å². The Kier molecular flexibility index (Phi) is 4.74. The van der Waals surface area contributed by atoms with Gasteiger partial charge in [0.25, 0.3) is 11.6 Å². The van der Waals surface area contributed by atoms with Crippen molar-refractivity contribution in [3.63, 3.8) is 0 Å². The molecule has 2 aromatic carbocycles. The number of rotatable bonds is 4. The first-order valence-corrected chi connectivity index (χ1v) is 7.57. The number of anilines is 1. The zero-order valence-corrected chi connectivity index (χ0v) is 13.7. The van der Waals surface area contributed by atoms with Crippen LogP contribution >= 0.6 is 0 Å². The number of aromatic hydroxyl groups is 1. The van der Waals surface area contributed by atoms with Crippen molar-refractivity contribution in [3.8, 4) is 17.2 Å². The quantitative estimate of drug-likeness (QED) is 0.389. The van der Waals surface area contributed by atoms with Crippen LogP contribution < -0.4 is 5.32 Å². The van der Waals surface area contributed by atoms with Crippen LogP contribution in [-0.2, 0) is 6.18 Å². The number of nitrogens with one attached hydrogen (secondary N) is 1. The highest BCUT2D eigenvalue weighted by Gasteiger charge is 2.30. The molecule has 0 aliphatic carbocycles. The highest BCUT2D eigenvalue weighted by Crippen LogP contribution is 2.31. The molecule has 0 saturated carbocycles. The van der Waals surface area contributed by atoms with E-state index in [0.29, 0.717) is 0 Å². The molecule has 0 spiro atoms. The van der Waals surface area contributed by atoms with Crippen LogP contribution in [0.4, 0.5) is 24.5 Å². The first-order chi connectivity index (χ1) is 13.1. The minimum Gasteiger partial charge on any atom is -0.506 e. The summed E-state index contributed by atoms with van der Waals surface area (Å²) in [5, 5.41) is 22.7. The number of amides is 1. The van der Waals surface area contributed by atoms with E-state index in [4.69, 9.17) is 4.42 Å². The van der Waals surface area contributed by atoms with E-state index < -0.39 is 28.3 Å². The van der Waals surface area contributed by atoms with E-state index in [9.17, 15) is 33.2 Å². The number of benzene rings is 2. The fourth-order valence-corrected chi connectivity index (χ4v) is 2.24. The van der Waals surface area contributed by atoms with Crippen molar-refractivity contribution in [1.29, 1.82) is 0 Å². The van der Waals surface area contributed by atoms with Crippen LogP contribution in [0.5, 0.6) is 5.75 Å². The third kappa shape index (κ3) is 3.92. The van der Waals surface area contributed by atoms with Gasteiger partial charge in [-0.25, -0.2) is 4.98 Å². The van der Waals surface area contributed by atoms with E-state index >= 15 is 0 Å². The lowest BCUT2D eigenvalue weighted by Crippen LogP contribution is -2.12. The molecule has 8 nitrogen and oxygen atoms in total. The Bertz CT molecular complexity index is 1040. The Balaban J connectivity index is 1.79. The van der Waals surface area contributed by atoms with Crippen molar-refractivity contribution in [3.05, 3.63) is 70.1 Å². The minimum absolute atomic E-state index is 0.0952. The normalized spacial score (nSPS) is 11.2. The summed E-state index contributed by atoms with van der Waals surface area (Å²) in [5.41, 5.74) is -1.43. The molecule has 0 bridgehead atoms. The first-order valence-electron chi connectivity index (χ1n) is 7.57. The number of phenols is 1. The van der Waals surface area contributed by atoms with Crippen LogP contribution in [0.2, 0.25) is 0 Å². The molecule has 1 amide bonds. The molecular weight excluding hydrogens is 383 g/mol. The summed E-state index contributed by atoms with van der Waals surface area (Å²) in [7, 11) is 0. The van der Waals surface area contributed by atoms with Gasteiger partial charge in [-0.1, -0.05) is 0 Å². The van der Waals surface area contributed by atoms with Gasteiger partial charge in [-0.3, -0.25) is 14.9 Å². The number of oxazole rings is 1. The maximum atomic E-state index is 12.6. The lowest BCUT2D eigenvalue weighted by atomic mass is 10.1. The predicted molar refractivity (Wildman–Crippen MR) is 89.7 cm³/mol. The van der Waals surface area contributed by atoms with Crippen molar-refractivity contribution >= 4 is 17.3 Å². The van der Waals surface area contributed by atoms with Gasteiger partial charge in [0, 0.05) is 17.7 Å². The zero-order valence-electron chi connectivity index (χ0n) is 13.7. The summed E-state index contributed by atoms with van der Waals surface area (Å²) >= 11 is 0. The Morgan fingerprint density at radius 3 is 2.46 bits per heavy atom. The Labute approximate surface area is 154 Å². The third-order valence-electron chi connectivity index (χ3n) is 3.64. The van der Waals surface area contributed by atoms with Crippen LogP contribution in [0.1, 0.15) is 16.1 Å². The maximum absolute atomic E-state index is 12.6. The fraction of sp³-hybridized carbons (Fsp3) is 0.0588. The number of hydrogen-bond donors (Lipinski definition) is 2. The van der Waals surface area contributed by atoms with Crippen LogP contribution in [-0.4, -0.2) is 20.9 Å². The maximum Gasteiger partial charge on any atom is 0.416 e. The van der Waals surface area contributed by atoms with E-state index in [1.54, 1.807) is 0 Å². The number of aromatic nitrogens is 1. The van der Waals surface area contributed by atoms with E-state index in [1.165, 1.54) is 0 Å². The molecule has 144 valence electrons. The van der Waals surface area contributed by atoms with Crippen LogP contribution in [0.15, 0.2) is 53.1 Å². The molecule has 3 rings (SSSR count). The molecular formula is C17H10F3N3O5. The average molecular weight is 393 g/mol. The molecule has 1 aromatic heterocycles. The number of halogens is 3. The van der Waals surface area contributed by atoms with E-state index in [-0.39, 0.29) is 28.5 Å². The van der Waals surface area contributed by atoms with Crippen molar-refractivity contribution in [2.45, 2.75) is 6.18 Å². The molecule has 0 aliphatic heterocycles. The van der Waals surface area contributed by atoms with Crippen molar-refractivity contribution < 1.29 is 32.4 Å². The number of nitro benzene ring substituents is 1. The number of carbonyl (C=O) groups is 1. The molecule has 0 fully saturated rings. The molecule has 0 saturated heterocycles. The molecule has 3 aromatic rings. The summed E-state index contributed by atoms with van der Waals surface area (Å²) in [6.07, 6.45) is -3.52. The Morgan fingerprint density at radius 2 is 1.86 bits per heavy atom. The SMILES string of the molecule is O=C(Nc1cc([N+](=O)[O-])ccc1O)c1coc(-c2ccc(C(F)(F)F)cc2)n1. The van der Waals surface area contributed by atoms with Crippen molar-refractivity contribution in [2.24, 2.45) is 0 Å². The van der Waals surface area contributed by atoms with Crippen molar-refractivity contribution in [2.75, 3.05) is 5.32 Å². The van der Waals surface area contributed by atoms with Gasteiger partial charge in [-0.05, 0) is 30.3 Å². The number of hydrogen-bond acceptors (Lipinski definition) is 6. The second kappa shape index (κ2) is 7.02. The average Bonchev–Trinajstić information content (AvgIpc) is 3.13. The molecule has 0 atom stereocenters. The highest BCUT2D eigenvalue weighted by molar-refractivity contribution is 6.03. The number of carbonyl (C=O) groups excluding carboxylic acids is 1. The van der Waals surface area contributed by atoms with E-state index in [1.807, 2.05) is 0 Å². The van der Waals surface area contributed by atoms with Gasteiger partial charge in [0.1, 0.15) is 12.0 Å². The second-order valence-corrected chi connectivity index (χ2v) is 5.53. The zero-order chi connectivity index (χ0) is 20.5. The van der Waals surface area contributed by atoms with Gasteiger partial charge in [-0.2, -0.15) is 13.2 Å². The predicted octanol–water partition coefficient (Wildman–Crippen LogP) is 4.23. The smallest absolute Gasteiger partial charge is 0.416 e. The number of nitro groups is 1. The molecule has 0 radical (unpaired) electrons. The van der Waals surface area contributed by atoms with Gasteiger partial charge < -0.3 is 14.8 Å². The van der Waals surface area contributed by atoms with Gasteiger partial charge in [0.2, 0.25) is 5.89 Å². The van der Waals surface area contributed by atoms with Crippen molar-refractivity contribution in [1.82, 2.24) is 4.98 Å². The molecule has 28 heavy (non-hydrogen) atoms. The number of non-ortho nitro benzene ring substituents is 1.